The van der Waals surface area contributed by atoms with Gasteiger partial charge in [-0.15, -0.1) is 0 Å². The summed E-state index contributed by atoms with van der Waals surface area (Å²) in [6.07, 6.45) is 3.27. The van der Waals surface area contributed by atoms with Crippen LogP contribution in [0.2, 0.25) is 0 Å². The lowest BCUT2D eigenvalue weighted by Crippen LogP contribution is -2.12. The van der Waals surface area contributed by atoms with E-state index in [1.54, 1.807) is 48.8 Å². The van der Waals surface area contributed by atoms with Gasteiger partial charge in [-0.2, -0.15) is 0 Å². The highest BCUT2D eigenvalue weighted by atomic mass is 32.2. The summed E-state index contributed by atoms with van der Waals surface area (Å²) in [5.41, 5.74) is 2.96. The van der Waals surface area contributed by atoms with E-state index in [0.29, 0.717) is 5.65 Å². The van der Waals surface area contributed by atoms with Crippen LogP contribution in [0.5, 0.6) is 0 Å². The minimum Gasteiger partial charge on any atom is -0.347 e. The number of hydrogen-bond donors (Lipinski definition) is 1. The molecule has 2 aromatic carbocycles. The van der Waals surface area contributed by atoms with Gasteiger partial charge in [0.25, 0.3) is 10.0 Å². The van der Waals surface area contributed by atoms with E-state index in [4.69, 9.17) is 0 Å². The third kappa shape index (κ3) is 2.55. The van der Waals surface area contributed by atoms with E-state index >= 15 is 0 Å². The van der Waals surface area contributed by atoms with Crippen molar-refractivity contribution in [3.05, 3.63) is 78.4 Å². The summed E-state index contributed by atoms with van der Waals surface area (Å²) in [6.45, 7) is 1.90. The molecule has 6 heteroatoms. The highest BCUT2D eigenvalue weighted by Crippen LogP contribution is 2.32. The van der Waals surface area contributed by atoms with Crippen LogP contribution in [-0.2, 0) is 10.0 Å². The number of nitrogens with one attached hydrogen (secondary N) is 1. The lowest BCUT2D eigenvalue weighted by molar-refractivity contribution is 0.589. The molecule has 0 radical (unpaired) electrons. The number of aryl methyl sites for hydroxylation is 1. The molecule has 2 heterocycles. The number of aromatic nitrogens is 2. The summed E-state index contributed by atoms with van der Waals surface area (Å²) in [5.74, 6) is -0.333. The molecule has 0 unspecified atom stereocenters. The van der Waals surface area contributed by atoms with E-state index < -0.39 is 10.0 Å². The molecule has 0 saturated heterocycles. The van der Waals surface area contributed by atoms with Crippen LogP contribution in [-0.4, -0.2) is 17.4 Å². The highest BCUT2D eigenvalue weighted by molar-refractivity contribution is 7.90. The number of hydrogen-bond acceptors (Lipinski definition) is 2. The fourth-order valence-corrected chi connectivity index (χ4v) is 4.23. The van der Waals surface area contributed by atoms with E-state index in [0.717, 1.165) is 22.1 Å². The van der Waals surface area contributed by atoms with Crippen LogP contribution in [0.25, 0.3) is 22.2 Å². The molecule has 4 aromatic rings. The van der Waals surface area contributed by atoms with Crippen molar-refractivity contribution in [1.82, 2.24) is 8.96 Å². The second-order valence-electron chi connectivity index (χ2n) is 5.90. The fraction of sp³-hybridized carbons (Fsp3) is 0.0526. The molecule has 0 amide bonds. The molecule has 0 aliphatic heterocycles. The van der Waals surface area contributed by atoms with E-state index in [-0.39, 0.29) is 10.7 Å². The average molecular weight is 354 g/mol. The minimum absolute atomic E-state index is 0.218. The minimum atomic E-state index is -3.74. The van der Waals surface area contributed by atoms with Crippen molar-refractivity contribution < 1.29 is 12.8 Å². The zero-order chi connectivity index (χ0) is 17.6. The van der Waals surface area contributed by atoms with Crippen molar-refractivity contribution in [2.75, 3.05) is 0 Å². The lowest BCUT2D eigenvalue weighted by Gasteiger charge is -2.07. The number of halogens is 1. The van der Waals surface area contributed by atoms with E-state index in [1.807, 2.05) is 13.0 Å². The first kappa shape index (κ1) is 15.7. The van der Waals surface area contributed by atoms with Crippen LogP contribution in [0.1, 0.15) is 5.56 Å². The molecule has 126 valence electrons. The van der Waals surface area contributed by atoms with Crippen LogP contribution < -0.4 is 0 Å². The Bertz CT molecular complexity index is 1150. The number of rotatable bonds is 3. The van der Waals surface area contributed by atoms with Gasteiger partial charge in [-0.25, -0.2) is 16.8 Å². The molecule has 0 spiro atoms. The maximum absolute atomic E-state index is 13.2. The summed E-state index contributed by atoms with van der Waals surface area (Å²) in [6, 6.07) is 14.5. The van der Waals surface area contributed by atoms with Crippen molar-refractivity contribution in [2.45, 2.75) is 11.8 Å². The number of nitrogens with zero attached hydrogens (tertiary/aromatic N) is 1. The monoisotopic (exact) mass is 354 g/mol. The Morgan fingerprint density at radius 3 is 2.32 bits per heavy atom. The van der Waals surface area contributed by atoms with Crippen molar-refractivity contribution in [1.29, 1.82) is 0 Å². The first-order valence-electron chi connectivity index (χ1n) is 7.73. The van der Waals surface area contributed by atoms with Gasteiger partial charge < -0.3 is 4.98 Å². The summed E-state index contributed by atoms with van der Waals surface area (Å²) in [4.78, 5) is 3.20. The summed E-state index contributed by atoms with van der Waals surface area (Å²) < 4.78 is 40.5. The Balaban J connectivity index is 1.93. The Morgan fingerprint density at radius 2 is 1.64 bits per heavy atom. The molecule has 25 heavy (non-hydrogen) atoms. The Kier molecular flexibility index (Phi) is 3.51. The number of H-pyrrole nitrogens is 1. The number of fused-ring (bicyclic) bond motifs is 1. The largest absolute Gasteiger partial charge is 0.347 e. The van der Waals surface area contributed by atoms with Crippen molar-refractivity contribution in [3.63, 3.8) is 0 Å². The molecule has 0 aliphatic rings. The predicted molar refractivity (Wildman–Crippen MR) is 95.4 cm³/mol. The van der Waals surface area contributed by atoms with Crippen molar-refractivity contribution >= 4 is 21.1 Å². The molecule has 0 fully saturated rings. The molecule has 0 bridgehead atoms. The lowest BCUT2D eigenvalue weighted by atomic mass is 10.1. The van der Waals surface area contributed by atoms with Gasteiger partial charge in [0.15, 0.2) is 0 Å². The predicted octanol–water partition coefficient (Wildman–Crippen LogP) is 4.32. The fourth-order valence-electron chi connectivity index (χ4n) is 2.88. The SMILES string of the molecule is Cc1ccc(S(=O)(=O)n2cc(-c3ccc(F)cc3)c3cc[nH]c32)cc1. The van der Waals surface area contributed by atoms with E-state index in [1.165, 1.54) is 16.1 Å². The maximum Gasteiger partial charge on any atom is 0.269 e. The zero-order valence-corrected chi connectivity index (χ0v) is 14.2. The van der Waals surface area contributed by atoms with Crippen molar-refractivity contribution in [3.8, 4) is 11.1 Å². The third-order valence-electron chi connectivity index (χ3n) is 4.22. The van der Waals surface area contributed by atoms with Gasteiger partial charge in [0.1, 0.15) is 11.5 Å². The standard InChI is InChI=1S/C19H15FN2O2S/c1-13-2-8-16(9-3-13)25(23,24)22-12-18(17-10-11-21-19(17)22)14-4-6-15(20)7-5-14/h2-12,21H,1H3. The molecule has 0 saturated carbocycles. The van der Waals surface area contributed by atoms with Gasteiger partial charge in [0.2, 0.25) is 0 Å². The average Bonchev–Trinajstić information content (AvgIpc) is 3.18. The summed E-state index contributed by atoms with van der Waals surface area (Å²) >= 11 is 0. The topological polar surface area (TPSA) is 54.9 Å². The quantitative estimate of drug-likeness (QED) is 0.596. The van der Waals surface area contributed by atoms with Crippen molar-refractivity contribution in [2.24, 2.45) is 0 Å². The second-order valence-corrected chi connectivity index (χ2v) is 7.72. The number of aromatic amines is 1. The highest BCUT2D eigenvalue weighted by Gasteiger charge is 2.22. The Hall–Kier alpha value is -2.86. The molecular formula is C19H15FN2O2S. The Morgan fingerprint density at radius 1 is 0.960 bits per heavy atom. The molecule has 4 rings (SSSR count). The van der Waals surface area contributed by atoms with Gasteiger partial charge in [0, 0.05) is 23.3 Å². The van der Waals surface area contributed by atoms with Crippen LogP contribution >= 0.6 is 0 Å². The normalized spacial score (nSPS) is 11.9. The maximum atomic E-state index is 13.2. The first-order valence-corrected chi connectivity index (χ1v) is 9.17. The van der Waals surface area contributed by atoms with E-state index in [2.05, 4.69) is 4.98 Å². The smallest absolute Gasteiger partial charge is 0.269 e. The second kappa shape index (κ2) is 5.60. The zero-order valence-electron chi connectivity index (χ0n) is 13.4. The summed E-state index contributed by atoms with van der Waals surface area (Å²) in [7, 11) is -3.74. The third-order valence-corrected chi connectivity index (χ3v) is 5.89. The van der Waals surface area contributed by atoms with Gasteiger partial charge in [-0.3, -0.25) is 0 Å². The molecule has 1 N–H and O–H groups in total. The molecule has 0 atom stereocenters. The van der Waals surface area contributed by atoms with Crippen LogP contribution in [0.15, 0.2) is 71.9 Å². The van der Waals surface area contributed by atoms with Gasteiger partial charge in [-0.05, 0) is 42.8 Å². The Labute approximate surface area is 144 Å². The molecule has 4 nitrogen and oxygen atoms in total. The summed E-state index contributed by atoms with van der Waals surface area (Å²) in [5, 5.41) is 0.766. The molecule has 0 aliphatic carbocycles. The number of benzene rings is 2. The van der Waals surface area contributed by atoms with Crippen LogP contribution in [0.3, 0.4) is 0 Å². The van der Waals surface area contributed by atoms with Gasteiger partial charge in [-0.1, -0.05) is 29.8 Å². The van der Waals surface area contributed by atoms with Crippen LogP contribution in [0, 0.1) is 12.7 Å². The molecular weight excluding hydrogens is 339 g/mol. The first-order chi connectivity index (χ1) is 12.0. The van der Waals surface area contributed by atoms with Crippen LogP contribution in [0.4, 0.5) is 4.39 Å². The molecule has 2 aromatic heterocycles. The van der Waals surface area contributed by atoms with E-state index in [9.17, 15) is 12.8 Å². The van der Waals surface area contributed by atoms with Gasteiger partial charge >= 0.3 is 0 Å². The van der Waals surface area contributed by atoms with Gasteiger partial charge in [0.05, 0.1) is 4.90 Å².